The zero-order valence-corrected chi connectivity index (χ0v) is 12.7. The van der Waals surface area contributed by atoms with Crippen LogP contribution in [0.4, 0.5) is 5.69 Å². The Balaban J connectivity index is 2.27. The van der Waals surface area contributed by atoms with E-state index in [0.717, 1.165) is 44.2 Å². The molecule has 20 heavy (non-hydrogen) atoms. The number of rotatable bonds is 5. The van der Waals surface area contributed by atoms with E-state index in [-0.39, 0.29) is 11.3 Å². The Bertz CT molecular complexity index is 454. The minimum atomic E-state index is -0.341. The molecule has 3 nitrogen and oxygen atoms in total. The highest BCUT2D eigenvalue weighted by Gasteiger charge is 2.40. The van der Waals surface area contributed by atoms with Gasteiger partial charge in [-0.2, -0.15) is 0 Å². The molecule has 0 bridgehead atoms. The largest absolute Gasteiger partial charge is 0.329 e. The summed E-state index contributed by atoms with van der Waals surface area (Å²) in [5.74, 6) is 0.119. The van der Waals surface area contributed by atoms with Crippen LogP contribution >= 0.6 is 0 Å². The molecule has 1 aliphatic rings. The van der Waals surface area contributed by atoms with Crippen LogP contribution in [0.1, 0.15) is 50.7 Å². The Morgan fingerprint density at radius 2 is 1.75 bits per heavy atom. The van der Waals surface area contributed by atoms with E-state index in [1.807, 2.05) is 0 Å². The number of carbonyl (C=O) groups excluding carboxylic acids is 1. The molecule has 3 N–H and O–H groups in total. The molecule has 0 aromatic heterocycles. The van der Waals surface area contributed by atoms with Crippen LogP contribution in [-0.2, 0) is 17.6 Å². The summed E-state index contributed by atoms with van der Waals surface area (Å²) in [5.41, 5.74) is 9.00. The first-order chi connectivity index (χ1) is 9.66. The third-order valence-electron chi connectivity index (χ3n) is 4.67. The molecule has 2 rings (SSSR count). The molecule has 1 aromatic rings. The van der Waals surface area contributed by atoms with Gasteiger partial charge < -0.3 is 11.1 Å². The number of hydrogen-bond acceptors (Lipinski definition) is 2. The van der Waals surface area contributed by atoms with Crippen molar-refractivity contribution in [2.75, 3.05) is 11.9 Å². The molecule has 110 valence electrons. The summed E-state index contributed by atoms with van der Waals surface area (Å²) in [5, 5.41) is 3.20. The number of para-hydroxylation sites is 1. The van der Waals surface area contributed by atoms with Crippen LogP contribution in [0.2, 0.25) is 0 Å². The summed E-state index contributed by atoms with van der Waals surface area (Å²) in [4.78, 5) is 12.7. The zero-order chi connectivity index (χ0) is 14.6. The quantitative estimate of drug-likeness (QED) is 0.866. The molecule has 0 atom stereocenters. The Morgan fingerprint density at radius 1 is 1.20 bits per heavy atom. The molecule has 0 spiro atoms. The summed E-state index contributed by atoms with van der Waals surface area (Å²) < 4.78 is 0. The zero-order valence-electron chi connectivity index (χ0n) is 12.7. The Kier molecular flexibility index (Phi) is 4.81. The molecular weight excluding hydrogens is 248 g/mol. The van der Waals surface area contributed by atoms with Crippen molar-refractivity contribution in [3.05, 3.63) is 29.3 Å². The number of amides is 1. The third-order valence-corrected chi connectivity index (χ3v) is 4.67. The summed E-state index contributed by atoms with van der Waals surface area (Å²) in [6.07, 6.45) is 5.93. The predicted molar refractivity (Wildman–Crippen MR) is 83.8 cm³/mol. The van der Waals surface area contributed by atoms with E-state index in [2.05, 4.69) is 37.4 Å². The van der Waals surface area contributed by atoms with E-state index in [1.54, 1.807) is 0 Å². The average Bonchev–Trinajstić information content (AvgIpc) is 2.97. The maximum atomic E-state index is 12.7. The van der Waals surface area contributed by atoms with Crippen molar-refractivity contribution in [2.24, 2.45) is 11.1 Å². The number of nitrogens with two attached hydrogens (primary N) is 1. The number of aryl methyl sites for hydroxylation is 2. The van der Waals surface area contributed by atoms with Crippen molar-refractivity contribution < 1.29 is 4.79 Å². The second-order valence-electron chi connectivity index (χ2n) is 5.80. The van der Waals surface area contributed by atoms with Crippen LogP contribution in [0, 0.1) is 5.41 Å². The monoisotopic (exact) mass is 274 g/mol. The topological polar surface area (TPSA) is 55.1 Å². The van der Waals surface area contributed by atoms with Gasteiger partial charge in [-0.1, -0.05) is 44.9 Å². The van der Waals surface area contributed by atoms with Gasteiger partial charge in [-0.3, -0.25) is 4.79 Å². The highest BCUT2D eigenvalue weighted by Crippen LogP contribution is 2.38. The van der Waals surface area contributed by atoms with Crippen molar-refractivity contribution in [2.45, 2.75) is 52.4 Å². The molecule has 1 aromatic carbocycles. The van der Waals surface area contributed by atoms with Crippen LogP contribution in [0.3, 0.4) is 0 Å². The molecule has 0 unspecified atom stereocenters. The highest BCUT2D eigenvalue weighted by atomic mass is 16.2. The predicted octanol–water partition coefficient (Wildman–Crippen LogP) is 3.27. The second-order valence-corrected chi connectivity index (χ2v) is 5.80. The van der Waals surface area contributed by atoms with E-state index in [1.165, 1.54) is 11.1 Å². The van der Waals surface area contributed by atoms with Gasteiger partial charge in [-0.05, 0) is 36.8 Å². The lowest BCUT2D eigenvalue weighted by Gasteiger charge is -2.27. The van der Waals surface area contributed by atoms with Gasteiger partial charge in [0.2, 0.25) is 5.91 Å². The van der Waals surface area contributed by atoms with Gasteiger partial charge in [0.15, 0.2) is 0 Å². The summed E-state index contributed by atoms with van der Waals surface area (Å²) in [6.45, 7) is 4.70. The first-order valence-corrected chi connectivity index (χ1v) is 7.79. The SMILES string of the molecule is CCc1cccc(CC)c1NC(=O)C1(CN)CCCC1. The third kappa shape index (κ3) is 2.73. The summed E-state index contributed by atoms with van der Waals surface area (Å²) >= 11 is 0. The van der Waals surface area contributed by atoms with E-state index < -0.39 is 0 Å². The smallest absolute Gasteiger partial charge is 0.231 e. The fourth-order valence-electron chi connectivity index (χ4n) is 3.22. The van der Waals surface area contributed by atoms with Gasteiger partial charge in [0.1, 0.15) is 0 Å². The molecule has 1 saturated carbocycles. The molecule has 0 heterocycles. The molecule has 3 heteroatoms. The standard InChI is InChI=1S/C17H26N2O/c1-3-13-8-7-9-14(4-2)15(13)19-16(20)17(12-18)10-5-6-11-17/h7-9H,3-6,10-12,18H2,1-2H3,(H,19,20). The van der Waals surface area contributed by atoms with Crippen molar-refractivity contribution >= 4 is 11.6 Å². The molecule has 0 aliphatic heterocycles. The highest BCUT2D eigenvalue weighted by molar-refractivity contribution is 5.97. The molecule has 1 amide bonds. The van der Waals surface area contributed by atoms with E-state index >= 15 is 0 Å². The number of anilines is 1. The number of benzene rings is 1. The van der Waals surface area contributed by atoms with Gasteiger partial charge in [0.05, 0.1) is 5.41 Å². The Hall–Kier alpha value is -1.35. The average molecular weight is 274 g/mol. The van der Waals surface area contributed by atoms with Crippen LogP contribution in [0.5, 0.6) is 0 Å². The van der Waals surface area contributed by atoms with Crippen LogP contribution in [0.15, 0.2) is 18.2 Å². The second kappa shape index (κ2) is 6.40. The molecule has 1 aliphatic carbocycles. The normalized spacial score (nSPS) is 17.1. The number of nitrogens with one attached hydrogen (secondary N) is 1. The fourth-order valence-corrected chi connectivity index (χ4v) is 3.22. The lowest BCUT2D eigenvalue weighted by Crippen LogP contribution is -2.40. The fraction of sp³-hybridized carbons (Fsp3) is 0.588. The molecule has 1 fully saturated rings. The maximum absolute atomic E-state index is 12.7. The number of carbonyl (C=O) groups is 1. The Labute approximate surface area is 121 Å². The first-order valence-electron chi connectivity index (χ1n) is 7.79. The van der Waals surface area contributed by atoms with Crippen molar-refractivity contribution in [1.82, 2.24) is 0 Å². The summed E-state index contributed by atoms with van der Waals surface area (Å²) in [7, 11) is 0. The van der Waals surface area contributed by atoms with Crippen LogP contribution < -0.4 is 11.1 Å². The van der Waals surface area contributed by atoms with Gasteiger partial charge >= 0.3 is 0 Å². The first kappa shape index (κ1) is 15.0. The van der Waals surface area contributed by atoms with Crippen molar-refractivity contribution in [3.8, 4) is 0 Å². The lowest BCUT2D eigenvalue weighted by atomic mass is 9.85. The van der Waals surface area contributed by atoms with Gasteiger partial charge in [0.25, 0.3) is 0 Å². The molecule has 0 radical (unpaired) electrons. The van der Waals surface area contributed by atoms with Gasteiger partial charge in [-0.15, -0.1) is 0 Å². The molecular formula is C17H26N2O. The van der Waals surface area contributed by atoms with E-state index in [9.17, 15) is 4.79 Å². The maximum Gasteiger partial charge on any atom is 0.231 e. The van der Waals surface area contributed by atoms with E-state index in [4.69, 9.17) is 5.73 Å². The Morgan fingerprint density at radius 3 is 2.20 bits per heavy atom. The molecule has 0 saturated heterocycles. The van der Waals surface area contributed by atoms with Crippen LogP contribution in [0.25, 0.3) is 0 Å². The van der Waals surface area contributed by atoms with Crippen molar-refractivity contribution in [1.29, 1.82) is 0 Å². The van der Waals surface area contributed by atoms with Crippen molar-refractivity contribution in [3.63, 3.8) is 0 Å². The van der Waals surface area contributed by atoms with Gasteiger partial charge in [-0.25, -0.2) is 0 Å². The lowest BCUT2D eigenvalue weighted by molar-refractivity contribution is -0.124. The minimum Gasteiger partial charge on any atom is -0.329 e. The number of hydrogen-bond donors (Lipinski definition) is 2. The van der Waals surface area contributed by atoms with E-state index in [0.29, 0.717) is 6.54 Å². The van der Waals surface area contributed by atoms with Gasteiger partial charge in [0, 0.05) is 12.2 Å². The van der Waals surface area contributed by atoms with Crippen LogP contribution in [-0.4, -0.2) is 12.5 Å². The summed E-state index contributed by atoms with van der Waals surface area (Å²) in [6, 6.07) is 6.26. The minimum absolute atomic E-state index is 0.119.